The predicted octanol–water partition coefficient (Wildman–Crippen LogP) is 4.75. The fourth-order valence-electron chi connectivity index (χ4n) is 2.15. The molecule has 2 aromatic rings. The Balaban J connectivity index is 2.28. The lowest BCUT2D eigenvalue weighted by atomic mass is 9.98. The van der Waals surface area contributed by atoms with Crippen LogP contribution in [0.4, 0.5) is 13.2 Å². The van der Waals surface area contributed by atoms with Crippen LogP contribution in [0, 0.1) is 0 Å². The minimum absolute atomic E-state index is 0.0210. The van der Waals surface area contributed by atoms with Crippen LogP contribution in [0.15, 0.2) is 36.4 Å². The molecule has 1 heterocycles. The third-order valence-electron chi connectivity index (χ3n) is 2.99. The number of fused-ring (bicyclic) bond motifs is 1. The highest BCUT2D eigenvalue weighted by Gasteiger charge is 2.35. The summed E-state index contributed by atoms with van der Waals surface area (Å²) >= 11 is 6.06. The van der Waals surface area contributed by atoms with Crippen LogP contribution >= 0.6 is 11.6 Å². The molecule has 0 aromatic heterocycles. The molecule has 0 unspecified atom stereocenters. The maximum atomic E-state index is 13.1. The number of rotatable bonds is 1. The second-order valence-electron chi connectivity index (χ2n) is 4.20. The summed E-state index contributed by atoms with van der Waals surface area (Å²) in [4.78, 5) is 0. The van der Waals surface area contributed by atoms with E-state index in [9.17, 15) is 13.2 Å². The summed E-state index contributed by atoms with van der Waals surface area (Å²) in [6.07, 6.45) is -4.47. The minimum Gasteiger partial charge on any atom is -0.454 e. The third kappa shape index (κ3) is 2.08. The van der Waals surface area contributed by atoms with Crippen molar-refractivity contribution in [3.63, 3.8) is 0 Å². The van der Waals surface area contributed by atoms with Gasteiger partial charge in [-0.2, -0.15) is 13.2 Å². The molecule has 1 aliphatic heterocycles. The molecule has 2 aromatic carbocycles. The Morgan fingerprint density at radius 2 is 1.75 bits per heavy atom. The molecule has 6 heteroatoms. The smallest absolute Gasteiger partial charge is 0.417 e. The average molecular weight is 301 g/mol. The first-order valence-corrected chi connectivity index (χ1v) is 6.11. The topological polar surface area (TPSA) is 18.5 Å². The first-order valence-electron chi connectivity index (χ1n) is 5.73. The number of benzene rings is 2. The molecule has 2 nitrogen and oxygen atoms in total. The van der Waals surface area contributed by atoms with Crippen molar-refractivity contribution in [3.05, 3.63) is 47.0 Å². The number of ether oxygens (including phenoxy) is 2. The first kappa shape index (κ1) is 13.1. The van der Waals surface area contributed by atoms with Gasteiger partial charge in [0, 0.05) is 5.56 Å². The fourth-order valence-corrected chi connectivity index (χ4v) is 2.40. The van der Waals surface area contributed by atoms with Gasteiger partial charge in [-0.1, -0.05) is 29.8 Å². The number of alkyl halides is 3. The molecule has 0 spiro atoms. The van der Waals surface area contributed by atoms with Gasteiger partial charge in [-0.05, 0) is 23.8 Å². The van der Waals surface area contributed by atoms with Gasteiger partial charge in [0.15, 0.2) is 11.5 Å². The van der Waals surface area contributed by atoms with Gasteiger partial charge in [-0.25, -0.2) is 0 Å². The molecule has 0 bridgehead atoms. The number of hydrogen-bond donors (Lipinski definition) is 0. The van der Waals surface area contributed by atoms with Gasteiger partial charge >= 0.3 is 6.18 Å². The molecule has 0 atom stereocenters. The van der Waals surface area contributed by atoms with Crippen LogP contribution < -0.4 is 9.47 Å². The van der Waals surface area contributed by atoms with Gasteiger partial charge in [-0.3, -0.25) is 0 Å². The lowest BCUT2D eigenvalue weighted by Crippen LogP contribution is -2.07. The Morgan fingerprint density at radius 1 is 1.00 bits per heavy atom. The molecule has 1 aliphatic rings. The Morgan fingerprint density at radius 3 is 2.50 bits per heavy atom. The molecule has 104 valence electrons. The summed E-state index contributed by atoms with van der Waals surface area (Å²) in [5, 5.41) is 0.186. The lowest BCUT2D eigenvalue weighted by molar-refractivity contribution is -0.137. The Kier molecular flexibility index (Phi) is 3.01. The van der Waals surface area contributed by atoms with Crippen LogP contribution in [0.1, 0.15) is 5.56 Å². The maximum absolute atomic E-state index is 13.1. The van der Waals surface area contributed by atoms with E-state index in [0.717, 1.165) is 6.07 Å². The van der Waals surface area contributed by atoms with E-state index in [1.165, 1.54) is 24.3 Å². The largest absolute Gasteiger partial charge is 0.454 e. The van der Waals surface area contributed by atoms with Crippen molar-refractivity contribution in [2.45, 2.75) is 6.18 Å². The van der Waals surface area contributed by atoms with Crippen LogP contribution in [-0.4, -0.2) is 6.79 Å². The van der Waals surface area contributed by atoms with Crippen molar-refractivity contribution >= 4 is 11.6 Å². The monoisotopic (exact) mass is 300 g/mol. The summed E-state index contributed by atoms with van der Waals surface area (Å²) in [5.41, 5.74) is -0.576. The van der Waals surface area contributed by atoms with Crippen molar-refractivity contribution in [1.82, 2.24) is 0 Å². The molecular weight excluding hydrogens is 293 g/mol. The SMILES string of the molecule is FC(F)(F)c1ccccc1-c1c(Cl)ccc2c1OCO2. The first-order chi connectivity index (χ1) is 9.48. The van der Waals surface area contributed by atoms with Crippen LogP contribution in [-0.2, 0) is 6.18 Å². The van der Waals surface area contributed by atoms with E-state index in [2.05, 4.69) is 0 Å². The quantitative estimate of drug-likeness (QED) is 0.756. The highest BCUT2D eigenvalue weighted by atomic mass is 35.5. The van der Waals surface area contributed by atoms with Crippen molar-refractivity contribution in [2.24, 2.45) is 0 Å². The van der Waals surface area contributed by atoms with Gasteiger partial charge in [0.1, 0.15) is 0 Å². The molecule has 0 amide bonds. The zero-order valence-corrected chi connectivity index (χ0v) is 10.8. The molecule has 0 fully saturated rings. The standard InChI is InChI=1S/C14H8ClF3O2/c15-10-5-6-11-13(20-7-19-11)12(10)8-3-1-2-4-9(8)14(16,17)18/h1-6H,7H2. The minimum atomic E-state index is -4.47. The normalized spacial score (nSPS) is 13.6. The van der Waals surface area contributed by atoms with Crippen LogP contribution in [0.25, 0.3) is 11.1 Å². The third-order valence-corrected chi connectivity index (χ3v) is 3.31. The van der Waals surface area contributed by atoms with Crippen LogP contribution in [0.5, 0.6) is 11.5 Å². The summed E-state index contributed by atoms with van der Waals surface area (Å²) in [7, 11) is 0. The number of halogens is 4. The molecule has 0 aliphatic carbocycles. The second-order valence-corrected chi connectivity index (χ2v) is 4.61. The van der Waals surface area contributed by atoms with E-state index >= 15 is 0 Å². The van der Waals surface area contributed by atoms with E-state index in [1.807, 2.05) is 0 Å². The van der Waals surface area contributed by atoms with E-state index < -0.39 is 11.7 Å². The van der Waals surface area contributed by atoms with Gasteiger partial charge in [0.2, 0.25) is 6.79 Å². The highest BCUT2D eigenvalue weighted by molar-refractivity contribution is 6.34. The summed E-state index contributed by atoms with van der Waals surface area (Å²) in [6, 6.07) is 8.31. The van der Waals surface area contributed by atoms with Crippen molar-refractivity contribution in [2.75, 3.05) is 6.79 Å². The highest BCUT2D eigenvalue weighted by Crippen LogP contribution is 2.48. The predicted molar refractivity (Wildman–Crippen MR) is 68.0 cm³/mol. The van der Waals surface area contributed by atoms with Crippen molar-refractivity contribution in [1.29, 1.82) is 0 Å². The van der Waals surface area contributed by atoms with Crippen molar-refractivity contribution < 1.29 is 22.6 Å². The summed E-state index contributed by atoms with van der Waals surface area (Å²) in [6.45, 7) is -0.0309. The van der Waals surface area contributed by atoms with Crippen molar-refractivity contribution in [3.8, 4) is 22.6 Å². The molecule has 0 saturated heterocycles. The van der Waals surface area contributed by atoms with E-state index in [-0.39, 0.29) is 28.7 Å². The molecule has 0 radical (unpaired) electrons. The fraction of sp³-hybridized carbons (Fsp3) is 0.143. The number of hydrogen-bond acceptors (Lipinski definition) is 2. The van der Waals surface area contributed by atoms with E-state index in [1.54, 1.807) is 6.07 Å². The Bertz CT molecular complexity index is 668. The molecule has 0 N–H and O–H groups in total. The van der Waals surface area contributed by atoms with Gasteiger partial charge in [-0.15, -0.1) is 0 Å². The summed E-state index contributed by atoms with van der Waals surface area (Å²) in [5.74, 6) is 0.635. The molecule has 0 saturated carbocycles. The lowest BCUT2D eigenvalue weighted by Gasteiger charge is -2.15. The molecule has 3 rings (SSSR count). The van der Waals surface area contributed by atoms with Gasteiger partial charge in [0.25, 0.3) is 0 Å². The average Bonchev–Trinajstić information content (AvgIpc) is 2.86. The molecular formula is C14H8ClF3O2. The Labute approximate surface area is 117 Å². The zero-order valence-electron chi connectivity index (χ0n) is 10.00. The van der Waals surface area contributed by atoms with Gasteiger partial charge < -0.3 is 9.47 Å². The van der Waals surface area contributed by atoms with Crippen LogP contribution in [0.3, 0.4) is 0 Å². The summed E-state index contributed by atoms with van der Waals surface area (Å²) < 4.78 is 49.7. The molecule has 20 heavy (non-hydrogen) atoms. The van der Waals surface area contributed by atoms with Crippen LogP contribution in [0.2, 0.25) is 5.02 Å². The second kappa shape index (κ2) is 4.59. The van der Waals surface area contributed by atoms with E-state index in [4.69, 9.17) is 21.1 Å². The van der Waals surface area contributed by atoms with Gasteiger partial charge in [0.05, 0.1) is 10.6 Å². The Hall–Kier alpha value is -1.88. The zero-order chi connectivity index (χ0) is 14.3. The van der Waals surface area contributed by atoms with E-state index in [0.29, 0.717) is 5.75 Å². The maximum Gasteiger partial charge on any atom is 0.417 e.